The third-order valence-corrected chi connectivity index (χ3v) is 3.54. The molecule has 0 unspecified atom stereocenters. The van der Waals surface area contributed by atoms with Gasteiger partial charge in [0.1, 0.15) is 6.67 Å². The molecule has 1 saturated carbocycles. The maximum atomic E-state index is 13.1. The molecule has 0 aliphatic heterocycles. The molecular weight excluding hydrogens is 221 g/mol. The predicted molar refractivity (Wildman–Crippen MR) is 64.1 cm³/mol. The maximum Gasteiger partial charge on any atom is 0.161 e. The Morgan fingerprint density at radius 2 is 1.82 bits per heavy atom. The van der Waals surface area contributed by atoms with Gasteiger partial charge in [-0.2, -0.15) is 0 Å². The Morgan fingerprint density at radius 1 is 1.24 bits per heavy atom. The first-order valence-electron chi connectivity index (χ1n) is 5.75. The second-order valence-electron chi connectivity index (χ2n) is 4.51. The smallest absolute Gasteiger partial charge is 0.161 e. The predicted octanol–water partition coefficient (Wildman–Crippen LogP) is 2.51. The van der Waals surface area contributed by atoms with E-state index >= 15 is 0 Å². The molecule has 0 spiro atoms. The fraction of sp³-hybridized carbons (Fsp3) is 0.538. The van der Waals surface area contributed by atoms with Crippen molar-refractivity contribution in [1.82, 2.24) is 0 Å². The van der Waals surface area contributed by atoms with Crippen molar-refractivity contribution in [1.29, 1.82) is 0 Å². The molecule has 0 heterocycles. The fourth-order valence-corrected chi connectivity index (χ4v) is 2.32. The van der Waals surface area contributed by atoms with Gasteiger partial charge in [0, 0.05) is 5.54 Å². The van der Waals surface area contributed by atoms with Crippen LogP contribution in [0.15, 0.2) is 12.1 Å². The number of benzene rings is 1. The lowest BCUT2D eigenvalue weighted by Crippen LogP contribution is -2.44. The van der Waals surface area contributed by atoms with Crippen LogP contribution in [-0.4, -0.2) is 14.2 Å². The number of hydrogen-bond acceptors (Lipinski definition) is 3. The molecule has 1 aromatic carbocycles. The number of rotatable bonds is 4. The van der Waals surface area contributed by atoms with Gasteiger partial charge in [-0.3, -0.25) is 0 Å². The SMILES string of the molecule is COc1cc(CF)c(C2(N)CCC2)cc1OC. The first-order chi connectivity index (χ1) is 8.14. The Morgan fingerprint density at radius 3 is 2.24 bits per heavy atom. The second-order valence-corrected chi connectivity index (χ2v) is 4.51. The third-order valence-electron chi connectivity index (χ3n) is 3.54. The minimum atomic E-state index is -0.533. The van der Waals surface area contributed by atoms with E-state index in [1.54, 1.807) is 20.3 Å². The van der Waals surface area contributed by atoms with Crippen molar-refractivity contribution < 1.29 is 13.9 Å². The van der Waals surface area contributed by atoms with Gasteiger partial charge in [0.15, 0.2) is 11.5 Å². The summed E-state index contributed by atoms with van der Waals surface area (Å²) >= 11 is 0. The average Bonchev–Trinajstić information content (AvgIpc) is 2.34. The number of alkyl halides is 1. The summed E-state index contributed by atoms with van der Waals surface area (Å²) < 4.78 is 23.5. The molecule has 3 nitrogen and oxygen atoms in total. The van der Waals surface area contributed by atoms with Gasteiger partial charge in [-0.05, 0) is 42.5 Å². The van der Waals surface area contributed by atoms with E-state index in [0.717, 1.165) is 24.8 Å². The molecule has 94 valence electrons. The standard InChI is InChI=1S/C13H18FNO2/c1-16-11-6-9(8-14)10(7-12(11)17-2)13(15)4-3-5-13/h6-7H,3-5,8,15H2,1-2H3. The first kappa shape index (κ1) is 12.2. The fourth-order valence-electron chi connectivity index (χ4n) is 2.32. The summed E-state index contributed by atoms with van der Waals surface area (Å²) in [4.78, 5) is 0. The number of methoxy groups -OCH3 is 2. The van der Waals surface area contributed by atoms with Gasteiger partial charge in [-0.15, -0.1) is 0 Å². The van der Waals surface area contributed by atoms with Crippen molar-refractivity contribution in [3.8, 4) is 11.5 Å². The molecular formula is C13H18FNO2. The highest BCUT2D eigenvalue weighted by Gasteiger charge is 2.36. The minimum Gasteiger partial charge on any atom is -0.493 e. The quantitative estimate of drug-likeness (QED) is 0.878. The van der Waals surface area contributed by atoms with E-state index in [1.807, 2.05) is 6.07 Å². The highest BCUT2D eigenvalue weighted by Crippen LogP contribution is 2.43. The summed E-state index contributed by atoms with van der Waals surface area (Å²) in [5, 5.41) is 0. The van der Waals surface area contributed by atoms with Crippen molar-refractivity contribution in [2.45, 2.75) is 31.5 Å². The Bertz CT molecular complexity index is 416. The average molecular weight is 239 g/mol. The van der Waals surface area contributed by atoms with E-state index in [-0.39, 0.29) is 5.54 Å². The lowest BCUT2D eigenvalue weighted by molar-refractivity contribution is 0.247. The lowest BCUT2D eigenvalue weighted by atomic mass is 9.71. The van der Waals surface area contributed by atoms with E-state index in [4.69, 9.17) is 15.2 Å². The van der Waals surface area contributed by atoms with Crippen LogP contribution in [-0.2, 0) is 12.2 Å². The van der Waals surface area contributed by atoms with Crippen LogP contribution in [0.3, 0.4) is 0 Å². The van der Waals surface area contributed by atoms with Crippen LogP contribution >= 0.6 is 0 Å². The Labute approximate surface area is 101 Å². The number of ether oxygens (including phenoxy) is 2. The van der Waals surface area contributed by atoms with Gasteiger partial charge in [-0.25, -0.2) is 4.39 Å². The topological polar surface area (TPSA) is 44.5 Å². The van der Waals surface area contributed by atoms with Crippen molar-refractivity contribution in [3.05, 3.63) is 23.3 Å². The summed E-state index contributed by atoms with van der Waals surface area (Å²) in [7, 11) is 3.11. The van der Waals surface area contributed by atoms with Gasteiger partial charge in [0.05, 0.1) is 14.2 Å². The molecule has 0 atom stereocenters. The molecule has 0 saturated heterocycles. The molecule has 1 aliphatic rings. The molecule has 0 aromatic heterocycles. The molecule has 1 aromatic rings. The largest absolute Gasteiger partial charge is 0.493 e. The number of halogens is 1. The number of nitrogens with two attached hydrogens (primary N) is 1. The summed E-state index contributed by atoms with van der Waals surface area (Å²) in [5.74, 6) is 1.16. The molecule has 17 heavy (non-hydrogen) atoms. The molecule has 0 bridgehead atoms. The molecule has 0 radical (unpaired) electrons. The van der Waals surface area contributed by atoms with Crippen LogP contribution < -0.4 is 15.2 Å². The van der Waals surface area contributed by atoms with Gasteiger partial charge in [0.2, 0.25) is 0 Å². The van der Waals surface area contributed by atoms with E-state index in [9.17, 15) is 4.39 Å². The van der Waals surface area contributed by atoms with E-state index in [2.05, 4.69) is 0 Å². The van der Waals surface area contributed by atoms with E-state index < -0.39 is 6.67 Å². The maximum absolute atomic E-state index is 13.1. The van der Waals surface area contributed by atoms with Gasteiger partial charge < -0.3 is 15.2 Å². The van der Waals surface area contributed by atoms with Crippen molar-refractivity contribution in [3.63, 3.8) is 0 Å². The Kier molecular flexibility index (Phi) is 3.24. The van der Waals surface area contributed by atoms with Gasteiger partial charge >= 0.3 is 0 Å². The van der Waals surface area contributed by atoms with Crippen molar-refractivity contribution in [2.75, 3.05) is 14.2 Å². The van der Waals surface area contributed by atoms with Crippen LogP contribution in [0.2, 0.25) is 0 Å². The van der Waals surface area contributed by atoms with Crippen LogP contribution in [0.5, 0.6) is 11.5 Å². The molecule has 1 aliphatic carbocycles. The zero-order chi connectivity index (χ0) is 12.5. The van der Waals surface area contributed by atoms with Gasteiger partial charge in [0.25, 0.3) is 0 Å². The third kappa shape index (κ3) is 1.97. The highest BCUT2D eigenvalue weighted by atomic mass is 19.1. The summed E-state index contributed by atoms with van der Waals surface area (Å²) in [6.07, 6.45) is 2.89. The van der Waals surface area contributed by atoms with Crippen LogP contribution in [0.1, 0.15) is 30.4 Å². The van der Waals surface area contributed by atoms with Crippen LogP contribution in [0.4, 0.5) is 4.39 Å². The van der Waals surface area contributed by atoms with Crippen LogP contribution in [0.25, 0.3) is 0 Å². The molecule has 0 amide bonds. The zero-order valence-electron chi connectivity index (χ0n) is 10.3. The lowest BCUT2D eigenvalue weighted by Gasteiger charge is -2.40. The highest BCUT2D eigenvalue weighted by molar-refractivity contribution is 5.50. The van der Waals surface area contributed by atoms with E-state index in [1.165, 1.54) is 0 Å². The molecule has 2 rings (SSSR count). The van der Waals surface area contributed by atoms with Crippen molar-refractivity contribution >= 4 is 0 Å². The summed E-state index contributed by atoms with van der Waals surface area (Å²) in [6.45, 7) is -0.533. The normalized spacial score (nSPS) is 17.4. The van der Waals surface area contributed by atoms with Crippen LogP contribution in [0, 0.1) is 0 Å². The Balaban J connectivity index is 2.49. The Hall–Kier alpha value is -1.29. The van der Waals surface area contributed by atoms with E-state index in [0.29, 0.717) is 17.1 Å². The number of hydrogen-bond donors (Lipinski definition) is 1. The monoisotopic (exact) mass is 239 g/mol. The van der Waals surface area contributed by atoms with Crippen molar-refractivity contribution in [2.24, 2.45) is 5.73 Å². The minimum absolute atomic E-state index is 0.388. The molecule has 2 N–H and O–H groups in total. The summed E-state index contributed by atoms with van der Waals surface area (Å²) in [5.41, 5.74) is 7.32. The first-order valence-corrected chi connectivity index (χ1v) is 5.75. The van der Waals surface area contributed by atoms with Gasteiger partial charge in [-0.1, -0.05) is 0 Å². The zero-order valence-corrected chi connectivity index (χ0v) is 10.3. The molecule has 4 heteroatoms. The molecule has 1 fully saturated rings. The second kappa shape index (κ2) is 4.53. The summed E-state index contributed by atoms with van der Waals surface area (Å²) in [6, 6.07) is 3.49.